The van der Waals surface area contributed by atoms with Crippen molar-refractivity contribution in [3.05, 3.63) is 60.6 Å². The molecule has 27 heavy (non-hydrogen) atoms. The van der Waals surface area contributed by atoms with Crippen LogP contribution in [0.2, 0.25) is 0 Å². The molecular formula is C21H24N4O2. The number of piperidine rings is 1. The SMILES string of the molecule is O=C(CCCc1ncc(-c2ccccc2)o1)N1CCCC[C@@H]1c1ncc[nH]1. The van der Waals surface area contributed by atoms with Crippen molar-refractivity contribution in [1.82, 2.24) is 19.9 Å². The van der Waals surface area contributed by atoms with Crippen LogP contribution in [-0.2, 0) is 11.2 Å². The highest BCUT2D eigenvalue weighted by molar-refractivity contribution is 5.76. The standard InChI is InChI=1S/C21H24N4O2/c26-20(25-14-5-4-9-17(25)21-22-12-13-23-21)11-6-10-19-24-15-18(27-19)16-7-2-1-3-8-16/h1-3,7-8,12-13,15,17H,4-6,9-11,14H2,(H,22,23)/t17-/m1/s1. The second kappa shape index (κ2) is 8.20. The zero-order valence-corrected chi connectivity index (χ0v) is 15.3. The molecule has 0 aliphatic carbocycles. The number of aromatic nitrogens is 3. The fourth-order valence-corrected chi connectivity index (χ4v) is 3.67. The van der Waals surface area contributed by atoms with Crippen LogP contribution >= 0.6 is 0 Å². The Morgan fingerprint density at radius 2 is 2.11 bits per heavy atom. The van der Waals surface area contributed by atoms with Gasteiger partial charge in [0.2, 0.25) is 5.91 Å². The molecule has 1 aliphatic heterocycles. The van der Waals surface area contributed by atoms with E-state index in [1.807, 2.05) is 41.4 Å². The van der Waals surface area contributed by atoms with Crippen LogP contribution < -0.4 is 0 Å². The summed E-state index contributed by atoms with van der Waals surface area (Å²) in [4.78, 5) is 26.6. The molecule has 2 aromatic heterocycles. The summed E-state index contributed by atoms with van der Waals surface area (Å²) in [6, 6.07) is 10.0. The molecule has 0 spiro atoms. The number of likely N-dealkylation sites (tertiary alicyclic amines) is 1. The van der Waals surface area contributed by atoms with Gasteiger partial charge < -0.3 is 14.3 Å². The molecular weight excluding hydrogens is 340 g/mol. The lowest BCUT2D eigenvalue weighted by Gasteiger charge is -2.34. The van der Waals surface area contributed by atoms with E-state index in [1.54, 1.807) is 12.4 Å². The Bertz CT molecular complexity index is 857. The summed E-state index contributed by atoms with van der Waals surface area (Å²) in [6.07, 6.45) is 10.4. The second-order valence-electron chi connectivity index (χ2n) is 6.91. The third-order valence-corrected chi connectivity index (χ3v) is 5.05. The van der Waals surface area contributed by atoms with Gasteiger partial charge in [0, 0.05) is 37.3 Å². The van der Waals surface area contributed by atoms with E-state index < -0.39 is 0 Å². The van der Waals surface area contributed by atoms with Crippen LogP contribution in [0.5, 0.6) is 0 Å². The van der Waals surface area contributed by atoms with Gasteiger partial charge in [0.1, 0.15) is 5.82 Å². The number of hydrogen-bond donors (Lipinski definition) is 1. The van der Waals surface area contributed by atoms with Crippen molar-refractivity contribution >= 4 is 5.91 Å². The molecule has 0 unspecified atom stereocenters. The highest BCUT2D eigenvalue weighted by Gasteiger charge is 2.29. The van der Waals surface area contributed by atoms with Crippen LogP contribution in [-0.4, -0.2) is 32.3 Å². The molecule has 6 nitrogen and oxygen atoms in total. The quantitative estimate of drug-likeness (QED) is 0.713. The average Bonchev–Trinajstić information content (AvgIpc) is 3.41. The molecule has 1 N–H and O–H groups in total. The molecule has 6 heteroatoms. The van der Waals surface area contributed by atoms with Crippen LogP contribution in [0.1, 0.15) is 49.9 Å². The Balaban J connectivity index is 1.32. The average molecular weight is 364 g/mol. The molecule has 0 radical (unpaired) electrons. The highest BCUT2D eigenvalue weighted by Crippen LogP contribution is 2.29. The zero-order valence-electron chi connectivity index (χ0n) is 15.3. The Kier molecular flexibility index (Phi) is 5.32. The van der Waals surface area contributed by atoms with Gasteiger partial charge >= 0.3 is 0 Å². The van der Waals surface area contributed by atoms with E-state index in [9.17, 15) is 4.79 Å². The minimum atomic E-state index is 0.0765. The molecule has 1 amide bonds. The van der Waals surface area contributed by atoms with Crippen molar-refractivity contribution in [3.63, 3.8) is 0 Å². The van der Waals surface area contributed by atoms with E-state index >= 15 is 0 Å². The number of oxazole rings is 1. The topological polar surface area (TPSA) is 75.0 Å². The molecule has 3 aromatic rings. The third kappa shape index (κ3) is 4.10. The summed E-state index contributed by atoms with van der Waals surface area (Å²) in [6.45, 7) is 0.807. The summed E-state index contributed by atoms with van der Waals surface area (Å²) in [5, 5.41) is 0. The summed E-state index contributed by atoms with van der Waals surface area (Å²) in [7, 11) is 0. The first kappa shape index (κ1) is 17.5. The van der Waals surface area contributed by atoms with Crippen molar-refractivity contribution in [2.75, 3.05) is 6.54 Å². The van der Waals surface area contributed by atoms with E-state index in [0.717, 1.165) is 49.4 Å². The van der Waals surface area contributed by atoms with Gasteiger partial charge in [0.25, 0.3) is 0 Å². The van der Waals surface area contributed by atoms with Crippen molar-refractivity contribution in [3.8, 4) is 11.3 Å². The fourth-order valence-electron chi connectivity index (χ4n) is 3.67. The molecule has 1 fully saturated rings. The highest BCUT2D eigenvalue weighted by atomic mass is 16.4. The van der Waals surface area contributed by atoms with Crippen LogP contribution in [0.3, 0.4) is 0 Å². The Morgan fingerprint density at radius 1 is 1.22 bits per heavy atom. The molecule has 3 heterocycles. The first-order valence-corrected chi connectivity index (χ1v) is 9.60. The lowest BCUT2D eigenvalue weighted by atomic mass is 10.0. The lowest BCUT2D eigenvalue weighted by molar-refractivity contribution is -0.135. The normalized spacial score (nSPS) is 17.2. The maximum absolute atomic E-state index is 12.8. The number of aromatic amines is 1. The summed E-state index contributed by atoms with van der Waals surface area (Å²) in [5.41, 5.74) is 1.02. The predicted octanol–water partition coefficient (Wildman–Crippen LogP) is 4.14. The molecule has 1 saturated heterocycles. The Hall–Kier alpha value is -2.89. The van der Waals surface area contributed by atoms with Gasteiger partial charge in [-0.25, -0.2) is 9.97 Å². The fraction of sp³-hybridized carbons (Fsp3) is 0.381. The molecule has 4 rings (SSSR count). The molecule has 0 saturated carbocycles. The molecule has 140 valence electrons. The minimum absolute atomic E-state index is 0.0765. The number of nitrogens with one attached hydrogen (secondary N) is 1. The van der Waals surface area contributed by atoms with E-state index in [-0.39, 0.29) is 11.9 Å². The summed E-state index contributed by atoms with van der Waals surface area (Å²) in [5.74, 6) is 2.53. The van der Waals surface area contributed by atoms with Crippen molar-refractivity contribution in [2.45, 2.75) is 44.6 Å². The van der Waals surface area contributed by atoms with Gasteiger partial charge in [-0.2, -0.15) is 0 Å². The molecule has 1 aromatic carbocycles. The van der Waals surface area contributed by atoms with Gasteiger partial charge in [0.15, 0.2) is 11.7 Å². The smallest absolute Gasteiger partial charge is 0.223 e. The number of hydrogen-bond acceptors (Lipinski definition) is 4. The van der Waals surface area contributed by atoms with Gasteiger partial charge in [-0.15, -0.1) is 0 Å². The van der Waals surface area contributed by atoms with Gasteiger partial charge in [-0.05, 0) is 25.7 Å². The van der Waals surface area contributed by atoms with E-state index in [2.05, 4.69) is 15.0 Å². The number of benzene rings is 1. The number of carbonyl (C=O) groups is 1. The largest absolute Gasteiger partial charge is 0.441 e. The zero-order chi connectivity index (χ0) is 18.5. The number of imidazole rings is 1. The predicted molar refractivity (Wildman–Crippen MR) is 102 cm³/mol. The maximum Gasteiger partial charge on any atom is 0.223 e. The van der Waals surface area contributed by atoms with Gasteiger partial charge in [-0.1, -0.05) is 30.3 Å². The molecule has 1 atom stereocenters. The second-order valence-corrected chi connectivity index (χ2v) is 6.91. The Morgan fingerprint density at radius 3 is 2.93 bits per heavy atom. The number of H-pyrrole nitrogens is 1. The van der Waals surface area contributed by atoms with Crippen molar-refractivity contribution < 1.29 is 9.21 Å². The number of nitrogens with zero attached hydrogens (tertiary/aromatic N) is 3. The maximum atomic E-state index is 12.8. The number of carbonyl (C=O) groups excluding carboxylic acids is 1. The number of aryl methyl sites for hydroxylation is 1. The number of rotatable bonds is 6. The summed E-state index contributed by atoms with van der Waals surface area (Å²) >= 11 is 0. The molecule has 0 bridgehead atoms. The Labute approximate surface area is 158 Å². The van der Waals surface area contributed by atoms with E-state index in [1.165, 1.54) is 0 Å². The minimum Gasteiger partial charge on any atom is -0.441 e. The lowest BCUT2D eigenvalue weighted by Crippen LogP contribution is -2.38. The van der Waals surface area contributed by atoms with E-state index in [4.69, 9.17) is 4.42 Å². The van der Waals surface area contributed by atoms with Gasteiger partial charge in [0.05, 0.1) is 12.2 Å². The first-order chi connectivity index (χ1) is 13.3. The summed E-state index contributed by atoms with van der Waals surface area (Å²) < 4.78 is 5.83. The van der Waals surface area contributed by atoms with E-state index in [0.29, 0.717) is 18.7 Å². The van der Waals surface area contributed by atoms with Crippen molar-refractivity contribution in [2.24, 2.45) is 0 Å². The third-order valence-electron chi connectivity index (χ3n) is 5.05. The monoisotopic (exact) mass is 364 g/mol. The van der Waals surface area contributed by atoms with Crippen LogP contribution in [0.25, 0.3) is 11.3 Å². The molecule has 1 aliphatic rings. The van der Waals surface area contributed by atoms with Gasteiger partial charge in [-0.3, -0.25) is 4.79 Å². The van der Waals surface area contributed by atoms with Crippen LogP contribution in [0, 0.1) is 0 Å². The van der Waals surface area contributed by atoms with Crippen LogP contribution in [0.4, 0.5) is 0 Å². The number of amides is 1. The first-order valence-electron chi connectivity index (χ1n) is 9.60. The van der Waals surface area contributed by atoms with Crippen LogP contribution in [0.15, 0.2) is 53.3 Å². The van der Waals surface area contributed by atoms with Crippen molar-refractivity contribution in [1.29, 1.82) is 0 Å².